The van der Waals surface area contributed by atoms with Crippen LogP contribution in [0.25, 0.3) is 0 Å². The highest BCUT2D eigenvalue weighted by Gasteiger charge is 2.14. The van der Waals surface area contributed by atoms with Crippen LogP contribution in [0.15, 0.2) is 48.5 Å². The van der Waals surface area contributed by atoms with Crippen LogP contribution in [0.3, 0.4) is 0 Å². The molecule has 0 bridgehead atoms. The Morgan fingerprint density at radius 1 is 0.733 bits per heavy atom. The van der Waals surface area contributed by atoms with Gasteiger partial charge in [-0.3, -0.25) is 0 Å². The van der Waals surface area contributed by atoms with Gasteiger partial charge in [-0.1, -0.05) is 82.0 Å². The molecule has 2 aromatic rings. The average molecular weight is 411 g/mol. The molecule has 0 atom stereocenters. The van der Waals surface area contributed by atoms with Gasteiger partial charge in [0, 0.05) is 0 Å². The molecule has 0 aromatic heterocycles. The second-order valence-corrected chi connectivity index (χ2v) is 7.95. The maximum absolute atomic E-state index is 12.3. The Balaban J connectivity index is 1.84. The Morgan fingerprint density at radius 3 is 2.17 bits per heavy atom. The van der Waals surface area contributed by atoms with Crippen molar-refractivity contribution in [3.8, 4) is 5.75 Å². The molecule has 2 rings (SSSR count). The van der Waals surface area contributed by atoms with E-state index in [2.05, 4.69) is 44.2 Å². The number of hydrogen-bond acceptors (Lipinski definition) is 3. The molecular weight excluding hydrogens is 372 g/mol. The minimum atomic E-state index is -0.586. The largest absolute Gasteiger partial charge is 0.513 e. The van der Waals surface area contributed by atoms with E-state index in [1.165, 1.54) is 48.8 Å². The quantitative estimate of drug-likeness (QED) is 0.182. The number of hydrogen-bond donors (Lipinski definition) is 0. The SMILES string of the molecule is CCCCCc1cccc(OC(=O)OCCCCc2ccccc2)c1CCCCC. The van der Waals surface area contributed by atoms with Crippen LogP contribution in [0.5, 0.6) is 5.75 Å². The maximum Gasteiger partial charge on any atom is 0.513 e. The molecule has 0 heterocycles. The molecule has 0 aliphatic heterocycles. The van der Waals surface area contributed by atoms with Crippen molar-refractivity contribution in [2.24, 2.45) is 0 Å². The lowest BCUT2D eigenvalue weighted by molar-refractivity contribution is 0.0971. The van der Waals surface area contributed by atoms with Gasteiger partial charge in [-0.2, -0.15) is 0 Å². The summed E-state index contributed by atoms with van der Waals surface area (Å²) < 4.78 is 11.0. The number of benzene rings is 2. The predicted octanol–water partition coefficient (Wildman–Crippen LogP) is 7.69. The van der Waals surface area contributed by atoms with Crippen molar-refractivity contribution in [1.82, 2.24) is 0 Å². The first-order chi connectivity index (χ1) is 14.7. The first-order valence-corrected chi connectivity index (χ1v) is 11.7. The van der Waals surface area contributed by atoms with Crippen molar-refractivity contribution >= 4 is 6.16 Å². The Morgan fingerprint density at radius 2 is 1.43 bits per heavy atom. The summed E-state index contributed by atoms with van der Waals surface area (Å²) in [7, 11) is 0. The minimum Gasteiger partial charge on any atom is -0.434 e. The summed E-state index contributed by atoms with van der Waals surface area (Å²) in [6.45, 7) is 4.82. The average Bonchev–Trinajstić information content (AvgIpc) is 2.76. The van der Waals surface area contributed by atoms with Crippen LogP contribution in [-0.2, 0) is 24.0 Å². The number of rotatable bonds is 14. The van der Waals surface area contributed by atoms with E-state index in [-0.39, 0.29) is 0 Å². The summed E-state index contributed by atoms with van der Waals surface area (Å²) in [5.41, 5.74) is 3.81. The monoisotopic (exact) mass is 410 g/mol. The lowest BCUT2D eigenvalue weighted by atomic mass is 9.96. The maximum atomic E-state index is 12.3. The van der Waals surface area contributed by atoms with E-state index in [4.69, 9.17) is 9.47 Å². The Labute approximate surface area is 182 Å². The van der Waals surface area contributed by atoms with Crippen molar-refractivity contribution in [2.75, 3.05) is 6.61 Å². The van der Waals surface area contributed by atoms with Gasteiger partial charge in [0.05, 0.1) is 6.61 Å². The number of aryl methyl sites for hydroxylation is 2. The zero-order chi connectivity index (χ0) is 21.4. The van der Waals surface area contributed by atoms with Crippen LogP contribution in [0, 0.1) is 0 Å². The van der Waals surface area contributed by atoms with Gasteiger partial charge in [0.25, 0.3) is 0 Å². The van der Waals surface area contributed by atoms with Gasteiger partial charge >= 0.3 is 6.16 Å². The van der Waals surface area contributed by atoms with E-state index >= 15 is 0 Å². The number of unbranched alkanes of at least 4 members (excludes halogenated alkanes) is 5. The summed E-state index contributed by atoms with van der Waals surface area (Å²) >= 11 is 0. The highest BCUT2D eigenvalue weighted by Crippen LogP contribution is 2.27. The summed E-state index contributed by atoms with van der Waals surface area (Å²) in [4.78, 5) is 12.3. The zero-order valence-corrected chi connectivity index (χ0v) is 18.8. The fourth-order valence-corrected chi connectivity index (χ4v) is 3.69. The van der Waals surface area contributed by atoms with Crippen LogP contribution >= 0.6 is 0 Å². The van der Waals surface area contributed by atoms with Crippen LogP contribution in [0.4, 0.5) is 4.79 Å². The molecule has 0 fully saturated rings. The number of ether oxygens (including phenoxy) is 2. The van der Waals surface area contributed by atoms with E-state index in [0.29, 0.717) is 12.4 Å². The third-order valence-corrected chi connectivity index (χ3v) is 5.43. The smallest absolute Gasteiger partial charge is 0.434 e. The van der Waals surface area contributed by atoms with E-state index in [0.717, 1.165) is 38.5 Å². The van der Waals surface area contributed by atoms with Crippen LogP contribution in [0.1, 0.15) is 81.9 Å². The second-order valence-electron chi connectivity index (χ2n) is 7.95. The summed E-state index contributed by atoms with van der Waals surface area (Å²) in [6, 6.07) is 16.5. The number of carbonyl (C=O) groups excluding carboxylic acids is 1. The van der Waals surface area contributed by atoms with Crippen molar-refractivity contribution < 1.29 is 14.3 Å². The molecule has 3 heteroatoms. The molecular formula is C27H38O3. The van der Waals surface area contributed by atoms with Gasteiger partial charge < -0.3 is 9.47 Å². The van der Waals surface area contributed by atoms with E-state index in [1.54, 1.807) is 0 Å². The lowest BCUT2D eigenvalue weighted by Crippen LogP contribution is -2.13. The lowest BCUT2D eigenvalue weighted by Gasteiger charge is -2.15. The van der Waals surface area contributed by atoms with Gasteiger partial charge in [-0.25, -0.2) is 4.79 Å². The molecule has 3 nitrogen and oxygen atoms in total. The Bertz CT molecular complexity index is 724. The van der Waals surface area contributed by atoms with Crippen LogP contribution in [0.2, 0.25) is 0 Å². The molecule has 30 heavy (non-hydrogen) atoms. The van der Waals surface area contributed by atoms with Crippen molar-refractivity contribution in [3.05, 3.63) is 65.2 Å². The van der Waals surface area contributed by atoms with Crippen molar-refractivity contribution in [1.29, 1.82) is 0 Å². The second kappa shape index (κ2) is 14.7. The first-order valence-electron chi connectivity index (χ1n) is 11.7. The fourth-order valence-electron chi connectivity index (χ4n) is 3.69. The third kappa shape index (κ3) is 9.02. The molecule has 0 spiro atoms. The van der Waals surface area contributed by atoms with Crippen LogP contribution < -0.4 is 4.74 Å². The van der Waals surface area contributed by atoms with Gasteiger partial charge in [-0.15, -0.1) is 0 Å². The third-order valence-electron chi connectivity index (χ3n) is 5.43. The highest BCUT2D eigenvalue weighted by molar-refractivity contribution is 5.65. The van der Waals surface area contributed by atoms with E-state index in [9.17, 15) is 4.79 Å². The van der Waals surface area contributed by atoms with Gasteiger partial charge in [-0.05, 0) is 67.7 Å². The highest BCUT2D eigenvalue weighted by atomic mass is 16.7. The van der Waals surface area contributed by atoms with Gasteiger partial charge in [0.15, 0.2) is 0 Å². The molecule has 164 valence electrons. The molecule has 2 aromatic carbocycles. The normalized spacial score (nSPS) is 10.7. The summed E-state index contributed by atoms with van der Waals surface area (Å²) in [5, 5.41) is 0. The molecule has 0 N–H and O–H groups in total. The topological polar surface area (TPSA) is 35.5 Å². The standard InChI is InChI=1S/C27H38O3/c1-3-5-8-18-24-19-14-21-26(25(24)20-9-6-4-2)30-27(28)29-22-13-12-17-23-15-10-7-11-16-23/h7,10-11,14-16,19,21H,3-6,8-9,12-13,17-18,20,22H2,1-2H3. The Hall–Kier alpha value is -2.29. The Kier molecular flexibility index (Phi) is 11.7. The van der Waals surface area contributed by atoms with Crippen LogP contribution in [-0.4, -0.2) is 12.8 Å². The molecule has 0 saturated carbocycles. The summed E-state index contributed by atoms with van der Waals surface area (Å²) in [6.07, 6.45) is 11.3. The molecule has 0 aliphatic rings. The molecule has 0 aliphatic carbocycles. The fraction of sp³-hybridized carbons (Fsp3) is 0.519. The van der Waals surface area contributed by atoms with Gasteiger partial charge in [0.2, 0.25) is 0 Å². The van der Waals surface area contributed by atoms with Gasteiger partial charge in [0.1, 0.15) is 5.75 Å². The van der Waals surface area contributed by atoms with Crippen molar-refractivity contribution in [3.63, 3.8) is 0 Å². The molecule has 0 amide bonds. The van der Waals surface area contributed by atoms with Crippen molar-refractivity contribution in [2.45, 2.75) is 84.5 Å². The minimum absolute atomic E-state index is 0.396. The zero-order valence-electron chi connectivity index (χ0n) is 18.8. The molecule has 0 saturated heterocycles. The predicted molar refractivity (Wildman–Crippen MR) is 124 cm³/mol. The molecule has 0 unspecified atom stereocenters. The first kappa shape index (κ1) is 24.0. The summed E-state index contributed by atoms with van der Waals surface area (Å²) in [5.74, 6) is 0.675. The number of carbonyl (C=O) groups is 1. The molecule has 0 radical (unpaired) electrons. The van der Waals surface area contributed by atoms with E-state index < -0.39 is 6.16 Å². The van der Waals surface area contributed by atoms with E-state index in [1.807, 2.05) is 18.2 Å².